The van der Waals surface area contributed by atoms with Gasteiger partial charge in [0.1, 0.15) is 56.0 Å². The van der Waals surface area contributed by atoms with Gasteiger partial charge in [0.05, 0.1) is 127 Å². The van der Waals surface area contributed by atoms with Crippen molar-refractivity contribution in [1.82, 2.24) is 39.1 Å². The third-order valence-corrected chi connectivity index (χ3v) is 24.7. The zero-order valence-corrected chi connectivity index (χ0v) is 67.6. The zero-order chi connectivity index (χ0) is 83.6. The standard InChI is InChI=1S/C22H21FN4O2S.C21H18F2N4O2S.2C21H21F2N3O2S.CH4/c1-13-4-14(7-17(23)5-13)6-15(10-24)8-19(28)20-9-18-21-16(11-25)12-26-27(21)2-3-29-22(18)30-20;22-16-2-1-12(6-17(16)23)5-13(9-24)7-18(28)19-8-15-20-14(10-25)11-26-27(20)3-4-29-21(15)30-19;1-12-11-25-26-2-3-28-21-17(20(12)26)9-19(29-21)18(27)7-14(10-24)4-13-5-15(22)8-16(23)6-13;1-12-11-25-26-4-5-28-21-15(20(12)26)9-19(29-21)18(27)8-14(10-24)6-13-2-3-16(22)17(23)7-13;/h4-5,7,9,12,15H,2-3,6,8,10,24H2,1H3;1-2,6,8,11,13H,3-5,7,9,24H2;5-6,8-9,11,14H,2-4,7,10,24H2,1H3;2-3,7,9,11,14H,4-6,8,10,24H2,1H3;1H4. The van der Waals surface area contributed by atoms with Gasteiger partial charge in [0.15, 0.2) is 66.7 Å². The first kappa shape index (κ1) is 87.1. The van der Waals surface area contributed by atoms with Crippen molar-refractivity contribution in [3.05, 3.63) is 232 Å². The lowest BCUT2D eigenvalue weighted by Crippen LogP contribution is -2.20. The fourth-order valence-electron chi connectivity index (χ4n) is 14.6. The Labute approximate surface area is 697 Å². The van der Waals surface area contributed by atoms with Crippen LogP contribution in [0.3, 0.4) is 0 Å². The number of nitriles is 2. The van der Waals surface area contributed by atoms with E-state index in [2.05, 4.69) is 32.5 Å². The molecule has 33 heteroatoms. The molecule has 12 heterocycles. The summed E-state index contributed by atoms with van der Waals surface area (Å²) in [6.45, 7) is 11.1. The van der Waals surface area contributed by atoms with Gasteiger partial charge >= 0.3 is 0 Å². The number of benzene rings is 4. The van der Waals surface area contributed by atoms with Crippen LogP contribution in [0.2, 0.25) is 0 Å². The predicted molar refractivity (Wildman–Crippen MR) is 441 cm³/mol. The van der Waals surface area contributed by atoms with E-state index < -0.39 is 34.9 Å². The van der Waals surface area contributed by atoms with Crippen LogP contribution in [-0.4, -0.2) is 115 Å². The van der Waals surface area contributed by atoms with Crippen LogP contribution in [0.25, 0.3) is 45.0 Å². The summed E-state index contributed by atoms with van der Waals surface area (Å²) < 4.78 is 124. The van der Waals surface area contributed by atoms with Crippen LogP contribution in [0.4, 0.5) is 30.7 Å². The summed E-state index contributed by atoms with van der Waals surface area (Å²) in [5.74, 6) is -6.07. The summed E-state index contributed by atoms with van der Waals surface area (Å²) in [6.07, 6.45) is 9.18. The number of aryl methyl sites for hydroxylation is 3. The van der Waals surface area contributed by atoms with E-state index in [1.807, 2.05) is 60.7 Å². The number of aromatic nitrogens is 8. The predicted octanol–water partition coefficient (Wildman–Crippen LogP) is 15.9. The number of hydrogen-bond donors (Lipinski definition) is 4. The molecule has 4 aliphatic heterocycles. The molecule has 0 spiro atoms. The molecule has 4 aliphatic rings. The van der Waals surface area contributed by atoms with Crippen LogP contribution < -0.4 is 41.9 Å². The maximum Gasteiger partial charge on any atom is 0.184 e. The van der Waals surface area contributed by atoms with E-state index in [0.717, 1.165) is 85.7 Å². The van der Waals surface area contributed by atoms with Gasteiger partial charge in [0.25, 0.3) is 0 Å². The van der Waals surface area contributed by atoms with Crippen molar-refractivity contribution >= 4 is 68.5 Å². The number of nitrogens with zero attached hydrogens (tertiary/aromatic N) is 10. The second-order valence-corrected chi connectivity index (χ2v) is 33.1. The highest BCUT2D eigenvalue weighted by Gasteiger charge is 2.32. The van der Waals surface area contributed by atoms with E-state index in [0.29, 0.717) is 164 Å². The smallest absolute Gasteiger partial charge is 0.184 e. The number of thiophene rings is 4. The Hall–Kier alpha value is -11.3. The van der Waals surface area contributed by atoms with Crippen molar-refractivity contribution < 1.29 is 68.9 Å². The Morgan fingerprint density at radius 3 is 1.00 bits per heavy atom. The van der Waals surface area contributed by atoms with Gasteiger partial charge in [-0.25, -0.2) is 30.7 Å². The molecular weight excluding hydrogens is 1620 g/mol. The first-order valence-electron chi connectivity index (χ1n) is 37.9. The topological polar surface area (TPSA) is 328 Å². The number of carbonyl (C=O) groups excluding carboxylic acids is 4. The number of hydrogen-bond acceptors (Lipinski definition) is 22. The van der Waals surface area contributed by atoms with E-state index in [-0.39, 0.29) is 105 Å². The van der Waals surface area contributed by atoms with Gasteiger partial charge in [-0.15, -0.1) is 0 Å². The quantitative estimate of drug-likeness (QED) is 0.0322. The van der Waals surface area contributed by atoms with Crippen molar-refractivity contribution in [1.29, 1.82) is 10.5 Å². The molecule has 0 amide bonds. The molecule has 4 aromatic carbocycles. The Bertz CT molecular complexity index is 5770. The Morgan fingerprint density at radius 1 is 0.395 bits per heavy atom. The third kappa shape index (κ3) is 20.5. The van der Waals surface area contributed by atoms with Crippen LogP contribution in [0.1, 0.15) is 122 Å². The Balaban J connectivity index is 0.000000145. The van der Waals surface area contributed by atoms with Gasteiger partial charge in [-0.2, -0.15) is 30.9 Å². The SMILES string of the molecule is C.Cc1cc(F)cc(CC(CN)CC(=O)c2cc3c(s2)OCCn2ncc(C#N)c2-3)c1.Cc1cnn2c1-c1cc(C(=O)CC(CN)Cc3cc(F)cc(F)c3)sc1OCC2.Cc1cnn2c1-c1cc(C(=O)CC(CN)Cc3ccc(F)c(F)c3)sc1OCC2.N#Cc1cnn2c1-c1cc(C(=O)CC(CN)Cc3ccc(F)c(F)c3)sc1OCC2. The van der Waals surface area contributed by atoms with Crippen molar-refractivity contribution in [2.24, 2.45) is 46.6 Å². The van der Waals surface area contributed by atoms with Crippen LogP contribution in [0.15, 0.2) is 122 Å². The minimum Gasteiger partial charge on any atom is -0.481 e. The molecule has 8 N–H and O–H groups in total. The van der Waals surface area contributed by atoms with Gasteiger partial charge in [0.2, 0.25) is 0 Å². The van der Waals surface area contributed by atoms with E-state index >= 15 is 0 Å². The molecular formula is C86H85F7N14O8S4. The molecule has 0 bridgehead atoms. The van der Waals surface area contributed by atoms with Crippen LogP contribution in [0.5, 0.6) is 20.3 Å². The molecule has 0 saturated heterocycles. The first-order valence-corrected chi connectivity index (χ1v) is 41.2. The van der Waals surface area contributed by atoms with E-state index in [1.165, 1.54) is 94.1 Å². The number of Topliss-reactive ketones (excluding diaryl/α,β-unsaturated/α-hetero) is 4. The maximum atomic E-state index is 13.7. The summed E-state index contributed by atoms with van der Waals surface area (Å²) in [6, 6.07) is 27.3. The summed E-state index contributed by atoms with van der Waals surface area (Å²) in [5.41, 5.74) is 36.2. The largest absolute Gasteiger partial charge is 0.481 e. The number of nitrogens with two attached hydrogens (primary N) is 4. The molecule has 0 aliphatic carbocycles. The molecule has 12 aromatic rings. The van der Waals surface area contributed by atoms with Gasteiger partial charge in [-0.3, -0.25) is 37.9 Å². The molecule has 119 heavy (non-hydrogen) atoms. The monoisotopic (exact) mass is 1700 g/mol. The zero-order valence-electron chi connectivity index (χ0n) is 64.3. The second-order valence-electron chi connectivity index (χ2n) is 29.1. The van der Waals surface area contributed by atoms with Crippen molar-refractivity contribution in [3.63, 3.8) is 0 Å². The number of ketones is 4. The minimum atomic E-state index is -0.918. The van der Waals surface area contributed by atoms with Crippen LogP contribution in [-0.2, 0) is 51.9 Å². The average molecular weight is 1700 g/mol. The summed E-state index contributed by atoms with van der Waals surface area (Å²) in [4.78, 5) is 54.0. The average Bonchev–Trinajstić information content (AvgIpc) is 1.64. The molecule has 8 aromatic heterocycles. The lowest BCUT2D eigenvalue weighted by Gasteiger charge is -2.14. The van der Waals surface area contributed by atoms with Crippen molar-refractivity contribution in [2.75, 3.05) is 52.6 Å². The van der Waals surface area contributed by atoms with Gasteiger partial charge < -0.3 is 41.9 Å². The Morgan fingerprint density at radius 2 is 0.689 bits per heavy atom. The molecule has 4 unspecified atom stereocenters. The molecule has 0 radical (unpaired) electrons. The lowest BCUT2D eigenvalue weighted by atomic mass is 9.93. The highest BCUT2D eigenvalue weighted by Crippen LogP contribution is 2.46. The maximum absolute atomic E-state index is 13.7. The molecule has 4 atom stereocenters. The molecule has 22 nitrogen and oxygen atoms in total. The minimum absolute atomic E-state index is 0. The van der Waals surface area contributed by atoms with Crippen LogP contribution >= 0.6 is 45.3 Å². The van der Waals surface area contributed by atoms with Crippen molar-refractivity contribution in [2.45, 2.75) is 106 Å². The number of halogens is 7. The van der Waals surface area contributed by atoms with Gasteiger partial charge in [-0.05, 0) is 208 Å². The van der Waals surface area contributed by atoms with E-state index in [4.69, 9.17) is 41.9 Å². The Kier molecular flexibility index (Phi) is 28.6. The van der Waals surface area contributed by atoms with Gasteiger partial charge in [-0.1, -0.05) is 71.0 Å². The molecule has 16 rings (SSSR count). The summed E-state index contributed by atoms with van der Waals surface area (Å²) in [5, 5.41) is 38.6. The summed E-state index contributed by atoms with van der Waals surface area (Å²) in [7, 11) is 0. The lowest BCUT2D eigenvalue weighted by molar-refractivity contribution is 0.0958. The molecule has 0 fully saturated rings. The second kappa shape index (κ2) is 39.1. The summed E-state index contributed by atoms with van der Waals surface area (Å²) >= 11 is 5.17. The molecule has 620 valence electrons. The number of fused-ring (bicyclic) bond motifs is 12. The first-order chi connectivity index (χ1) is 56.9. The highest BCUT2D eigenvalue weighted by atomic mass is 32.1. The fraction of sp³-hybridized carbons (Fsp3) is 0.326. The highest BCUT2D eigenvalue weighted by molar-refractivity contribution is 7.17. The van der Waals surface area contributed by atoms with Crippen molar-refractivity contribution in [3.8, 4) is 77.4 Å². The number of rotatable bonds is 24. The third-order valence-electron chi connectivity index (χ3n) is 20.3. The van der Waals surface area contributed by atoms with E-state index in [9.17, 15) is 60.4 Å². The number of ether oxygens (including phenoxy) is 4. The van der Waals surface area contributed by atoms with Crippen LogP contribution in [0, 0.1) is 108 Å². The van der Waals surface area contributed by atoms with E-state index in [1.54, 1.807) is 21.5 Å². The fourth-order valence-corrected chi connectivity index (χ4v) is 18.5. The number of carbonyl (C=O) groups is 4. The normalized spacial score (nSPS) is 13.6. The van der Waals surface area contributed by atoms with Gasteiger partial charge in [0, 0.05) is 31.7 Å². The molecule has 0 saturated carbocycles.